The first-order chi connectivity index (χ1) is 16.5. The largest absolute Gasteiger partial charge is 0.352 e. The molecule has 0 aliphatic rings. The number of hydrogen-bond donors (Lipinski definition) is 4. The molecule has 0 heterocycles. The number of rotatable bonds is 11. The quantitative estimate of drug-likeness (QED) is 0.396. The topological polar surface area (TPSA) is 116 Å². The number of benzene rings is 2. The standard InChI is InChI=1S/C27H36N4O4/c1-19(26(35)30-21-13-9-6-10-14-21)28-24(33)17-22(18-25(34)31-27(2,3)4)29-23(32)16-15-20-11-7-5-8-12-20/h5-14,19,22H,15-18H2,1-4H3,(H,28,33)(H,29,32)(H,30,35)(H,31,34)/t19-,22+/m0/s1. The minimum atomic E-state index is -0.791. The molecule has 188 valence electrons. The lowest BCUT2D eigenvalue weighted by Gasteiger charge is -2.24. The first-order valence-corrected chi connectivity index (χ1v) is 11.8. The number of para-hydroxylation sites is 1. The van der Waals surface area contributed by atoms with Gasteiger partial charge in [0.1, 0.15) is 6.04 Å². The third kappa shape index (κ3) is 11.3. The van der Waals surface area contributed by atoms with E-state index in [1.54, 1.807) is 31.2 Å². The summed E-state index contributed by atoms with van der Waals surface area (Å²) in [4.78, 5) is 50.1. The van der Waals surface area contributed by atoms with Gasteiger partial charge in [-0.15, -0.1) is 0 Å². The molecule has 0 spiro atoms. The maximum absolute atomic E-state index is 12.7. The average Bonchev–Trinajstić information content (AvgIpc) is 2.77. The van der Waals surface area contributed by atoms with Crippen molar-refractivity contribution in [3.8, 4) is 0 Å². The number of amides is 4. The minimum absolute atomic E-state index is 0.0492. The van der Waals surface area contributed by atoms with Gasteiger partial charge in [0, 0.05) is 36.5 Å². The molecular weight excluding hydrogens is 444 g/mol. The van der Waals surface area contributed by atoms with E-state index in [9.17, 15) is 19.2 Å². The molecule has 0 aliphatic carbocycles. The molecule has 2 aromatic carbocycles. The van der Waals surface area contributed by atoms with Crippen LogP contribution < -0.4 is 21.3 Å². The van der Waals surface area contributed by atoms with E-state index in [2.05, 4.69) is 21.3 Å². The lowest BCUT2D eigenvalue weighted by Crippen LogP contribution is -2.48. The van der Waals surface area contributed by atoms with Crippen LogP contribution in [0.3, 0.4) is 0 Å². The Bertz CT molecular complexity index is 987. The molecule has 2 atom stereocenters. The molecule has 8 heteroatoms. The van der Waals surface area contributed by atoms with Gasteiger partial charge in [-0.25, -0.2) is 0 Å². The lowest BCUT2D eigenvalue weighted by molar-refractivity contribution is -0.128. The highest BCUT2D eigenvalue weighted by Crippen LogP contribution is 2.08. The highest BCUT2D eigenvalue weighted by atomic mass is 16.2. The van der Waals surface area contributed by atoms with Gasteiger partial charge in [0.25, 0.3) is 0 Å². The fourth-order valence-corrected chi connectivity index (χ4v) is 3.43. The second-order valence-electron chi connectivity index (χ2n) is 9.60. The SMILES string of the molecule is C[C@H](NC(=O)C[C@H](CC(=O)NC(C)(C)C)NC(=O)CCc1ccccc1)C(=O)Nc1ccccc1. The Morgan fingerprint density at radius 1 is 0.771 bits per heavy atom. The molecule has 0 aromatic heterocycles. The van der Waals surface area contributed by atoms with E-state index in [1.165, 1.54) is 0 Å². The summed E-state index contributed by atoms with van der Waals surface area (Å²) in [5.41, 5.74) is 1.22. The summed E-state index contributed by atoms with van der Waals surface area (Å²) in [6.45, 7) is 7.16. The molecule has 0 radical (unpaired) electrons. The fraction of sp³-hybridized carbons (Fsp3) is 0.407. The van der Waals surface area contributed by atoms with E-state index in [4.69, 9.17) is 0 Å². The van der Waals surface area contributed by atoms with Crippen LogP contribution in [0.25, 0.3) is 0 Å². The van der Waals surface area contributed by atoms with Crippen LogP contribution in [0.2, 0.25) is 0 Å². The molecule has 0 aliphatic heterocycles. The Morgan fingerprint density at radius 2 is 1.34 bits per heavy atom. The van der Waals surface area contributed by atoms with Crippen LogP contribution in [0.1, 0.15) is 52.5 Å². The normalized spacial score (nSPS) is 12.7. The molecule has 0 bridgehead atoms. The van der Waals surface area contributed by atoms with Gasteiger partial charge in [-0.2, -0.15) is 0 Å². The van der Waals surface area contributed by atoms with Crippen molar-refractivity contribution < 1.29 is 19.2 Å². The molecule has 0 saturated heterocycles. The molecule has 4 amide bonds. The van der Waals surface area contributed by atoms with E-state index < -0.39 is 23.5 Å². The van der Waals surface area contributed by atoms with Crippen LogP contribution in [0.15, 0.2) is 60.7 Å². The number of aryl methyl sites for hydroxylation is 1. The zero-order valence-electron chi connectivity index (χ0n) is 20.9. The van der Waals surface area contributed by atoms with Gasteiger partial charge in [-0.1, -0.05) is 48.5 Å². The average molecular weight is 481 g/mol. The van der Waals surface area contributed by atoms with Crippen molar-refractivity contribution in [3.63, 3.8) is 0 Å². The molecular formula is C27H36N4O4. The predicted octanol–water partition coefficient (Wildman–Crippen LogP) is 2.94. The van der Waals surface area contributed by atoms with Crippen LogP contribution in [0, 0.1) is 0 Å². The molecule has 0 saturated carbocycles. The Kier molecular flexibility index (Phi) is 10.5. The summed E-state index contributed by atoms with van der Waals surface area (Å²) < 4.78 is 0. The van der Waals surface area contributed by atoms with Crippen molar-refractivity contribution in [1.29, 1.82) is 0 Å². The smallest absolute Gasteiger partial charge is 0.246 e. The van der Waals surface area contributed by atoms with Gasteiger partial charge in [-0.3, -0.25) is 19.2 Å². The molecule has 8 nitrogen and oxygen atoms in total. The highest BCUT2D eigenvalue weighted by Gasteiger charge is 2.24. The number of carbonyl (C=O) groups excluding carboxylic acids is 4. The van der Waals surface area contributed by atoms with Gasteiger partial charge in [0.05, 0.1) is 0 Å². The summed E-state index contributed by atoms with van der Waals surface area (Å²) in [5.74, 6) is -1.31. The van der Waals surface area contributed by atoms with Crippen LogP contribution in [-0.2, 0) is 25.6 Å². The fourth-order valence-electron chi connectivity index (χ4n) is 3.43. The molecule has 0 fully saturated rings. The Balaban J connectivity index is 1.94. The van der Waals surface area contributed by atoms with Crippen LogP contribution in [0.4, 0.5) is 5.69 Å². The second kappa shape index (κ2) is 13.3. The first-order valence-electron chi connectivity index (χ1n) is 11.8. The lowest BCUT2D eigenvalue weighted by atomic mass is 10.0. The Hall–Kier alpha value is -3.68. The van der Waals surface area contributed by atoms with Gasteiger partial charge < -0.3 is 21.3 Å². The summed E-state index contributed by atoms with van der Waals surface area (Å²) >= 11 is 0. The maximum Gasteiger partial charge on any atom is 0.246 e. The molecule has 4 N–H and O–H groups in total. The van der Waals surface area contributed by atoms with Crippen molar-refractivity contribution in [3.05, 3.63) is 66.2 Å². The highest BCUT2D eigenvalue weighted by molar-refractivity contribution is 5.97. The van der Waals surface area contributed by atoms with E-state index in [0.717, 1.165) is 5.56 Å². The van der Waals surface area contributed by atoms with Crippen molar-refractivity contribution in [2.75, 3.05) is 5.32 Å². The zero-order valence-corrected chi connectivity index (χ0v) is 20.9. The van der Waals surface area contributed by atoms with Crippen LogP contribution in [-0.4, -0.2) is 41.3 Å². The summed E-state index contributed by atoms with van der Waals surface area (Å²) in [6, 6.07) is 17.1. The molecule has 35 heavy (non-hydrogen) atoms. The first kappa shape index (κ1) is 27.6. The van der Waals surface area contributed by atoms with Gasteiger partial charge in [-0.05, 0) is 51.8 Å². The molecule has 2 rings (SSSR count). The third-order valence-electron chi connectivity index (χ3n) is 5.04. The van der Waals surface area contributed by atoms with Gasteiger partial charge in [0.2, 0.25) is 23.6 Å². The Morgan fingerprint density at radius 3 is 1.94 bits per heavy atom. The van der Waals surface area contributed by atoms with Crippen LogP contribution >= 0.6 is 0 Å². The predicted molar refractivity (Wildman–Crippen MR) is 136 cm³/mol. The number of hydrogen-bond acceptors (Lipinski definition) is 4. The zero-order chi connectivity index (χ0) is 25.8. The summed E-state index contributed by atoms with van der Waals surface area (Å²) in [5, 5.41) is 11.1. The van der Waals surface area contributed by atoms with Crippen LogP contribution in [0.5, 0.6) is 0 Å². The van der Waals surface area contributed by atoms with Gasteiger partial charge in [0.15, 0.2) is 0 Å². The maximum atomic E-state index is 12.7. The number of carbonyl (C=O) groups is 4. The second-order valence-corrected chi connectivity index (χ2v) is 9.60. The minimum Gasteiger partial charge on any atom is -0.352 e. The van der Waals surface area contributed by atoms with Gasteiger partial charge >= 0.3 is 0 Å². The Labute approximate surface area is 207 Å². The van der Waals surface area contributed by atoms with Crippen molar-refractivity contribution in [1.82, 2.24) is 16.0 Å². The van der Waals surface area contributed by atoms with E-state index in [0.29, 0.717) is 12.1 Å². The summed E-state index contributed by atoms with van der Waals surface area (Å²) in [6.07, 6.45) is 0.610. The monoisotopic (exact) mass is 480 g/mol. The third-order valence-corrected chi connectivity index (χ3v) is 5.04. The van der Waals surface area contributed by atoms with E-state index >= 15 is 0 Å². The van der Waals surface area contributed by atoms with E-state index in [-0.39, 0.29) is 37.0 Å². The van der Waals surface area contributed by atoms with Crippen molar-refractivity contribution >= 4 is 29.3 Å². The number of nitrogens with one attached hydrogen (secondary N) is 4. The molecule has 2 aromatic rings. The number of anilines is 1. The van der Waals surface area contributed by atoms with Crippen molar-refractivity contribution in [2.45, 2.75) is 71.0 Å². The molecule has 0 unspecified atom stereocenters. The summed E-state index contributed by atoms with van der Waals surface area (Å²) in [7, 11) is 0. The van der Waals surface area contributed by atoms with E-state index in [1.807, 2.05) is 57.2 Å². The van der Waals surface area contributed by atoms with Crippen molar-refractivity contribution in [2.24, 2.45) is 0 Å².